The maximum absolute atomic E-state index is 12.2. The number of aromatic carboxylic acids is 2. The average molecular weight is 1670 g/mol. The van der Waals surface area contributed by atoms with E-state index in [9.17, 15) is 44.1 Å². The fraction of sp³-hybridized carbons (Fsp3) is 0.400. The third-order valence-corrected chi connectivity index (χ3v) is 21.7. The van der Waals surface area contributed by atoms with E-state index in [4.69, 9.17) is 37.9 Å². The van der Waals surface area contributed by atoms with Crippen LogP contribution in [0.5, 0.6) is 0 Å². The summed E-state index contributed by atoms with van der Waals surface area (Å²) in [6.45, 7) is 6.88. The number of carboxylic acids is 3. The normalized spacial score (nSPS) is 24.7. The van der Waals surface area contributed by atoms with E-state index in [0.29, 0.717) is 115 Å². The van der Waals surface area contributed by atoms with Gasteiger partial charge >= 0.3 is 36.0 Å². The molecule has 1 saturated carbocycles. The van der Waals surface area contributed by atoms with Crippen molar-refractivity contribution in [3.63, 3.8) is 0 Å². The van der Waals surface area contributed by atoms with Crippen LogP contribution in [0.25, 0.3) is 39.6 Å². The zero-order chi connectivity index (χ0) is 84.3. The first-order chi connectivity index (χ1) is 59.6. The molecule has 42 heteroatoms. The second kappa shape index (κ2) is 37.5. The monoisotopic (exact) mass is 1670 g/mol. The fourth-order valence-electron chi connectivity index (χ4n) is 16.2. The van der Waals surface area contributed by atoms with Crippen LogP contribution in [0.2, 0.25) is 0 Å². The van der Waals surface area contributed by atoms with Crippen molar-refractivity contribution in [1.82, 2.24) is 94.4 Å². The van der Waals surface area contributed by atoms with Crippen molar-refractivity contribution < 1.29 is 82.0 Å². The first-order valence-electron chi connectivity index (χ1n) is 40.0. The summed E-state index contributed by atoms with van der Waals surface area (Å²) < 4.78 is 57.0. The second-order valence-corrected chi connectivity index (χ2v) is 29.3. The molecular weight excluding hydrogens is 1580 g/mol. The highest BCUT2D eigenvalue weighted by Gasteiger charge is 2.56. The number of nitrogens with one attached hydrogen (secondary N) is 8. The first-order valence-corrected chi connectivity index (χ1v) is 40.0. The van der Waals surface area contributed by atoms with E-state index in [0.717, 1.165) is 36.0 Å². The molecule has 8 aromatic heterocycles. The number of ether oxygens (including phenoxy) is 8. The summed E-state index contributed by atoms with van der Waals surface area (Å²) in [4.78, 5) is 124. The predicted octanol–water partition coefficient (Wildman–Crippen LogP) is 9.38. The van der Waals surface area contributed by atoms with E-state index < -0.39 is 85.6 Å². The molecule has 5 saturated heterocycles. The SMILES string of the molecule is CCNC(=O)Nc1ncnc2c1ncn2C1CC(CCCc2[nH]cnc2C(=O)O)C2O[C@H](/C=C/c3ccccc3)OC21.CCNC(=O)Nc1ncnc2c1ncn2C1OC(CCCC2N=NN=C2C(=O)O)C2O[C@H](c3ccccc3)OC21.CCNC(=O)Nc1ncnc2c1ncn2C1OC(CCCc2[nH]cnc2C(=O)O)C2O[C@H](c3ccccc3)OC21. The van der Waals surface area contributed by atoms with Crippen LogP contribution in [0, 0.1) is 5.92 Å². The van der Waals surface area contributed by atoms with E-state index in [-0.39, 0.29) is 77.2 Å². The van der Waals surface area contributed by atoms with Crippen LogP contribution in [0.1, 0.15) is 152 Å². The van der Waals surface area contributed by atoms with Gasteiger partial charge in [0.25, 0.3) is 0 Å². The molecule has 6 fully saturated rings. The Morgan fingerprint density at radius 1 is 0.467 bits per heavy atom. The Kier molecular flexibility index (Phi) is 25.3. The van der Waals surface area contributed by atoms with Crippen molar-refractivity contribution >= 4 is 98.7 Å². The topological polar surface area (TPSA) is 534 Å². The van der Waals surface area contributed by atoms with Gasteiger partial charge in [-0.2, -0.15) is 5.11 Å². The number of carboxylic acid groups (broad SMARTS) is 3. The van der Waals surface area contributed by atoms with Gasteiger partial charge in [0.1, 0.15) is 55.5 Å². The zero-order valence-electron chi connectivity index (χ0n) is 66.0. The number of carbonyl (C=O) groups excluding carboxylic acids is 3. The van der Waals surface area contributed by atoms with Crippen molar-refractivity contribution in [2.45, 2.75) is 177 Å². The molecule has 6 amide bonds. The highest BCUT2D eigenvalue weighted by molar-refractivity contribution is 6.38. The molecule has 122 heavy (non-hydrogen) atoms. The van der Waals surface area contributed by atoms with Crippen molar-refractivity contribution in [3.8, 4) is 0 Å². The lowest BCUT2D eigenvalue weighted by Gasteiger charge is -2.21. The predicted molar refractivity (Wildman–Crippen MR) is 430 cm³/mol. The number of imidazole rings is 5. The number of hydrogen-bond donors (Lipinski definition) is 11. The van der Waals surface area contributed by atoms with Crippen molar-refractivity contribution in [1.29, 1.82) is 0 Å². The average Bonchev–Trinajstić information content (AvgIpc) is 1.60. The second-order valence-electron chi connectivity index (χ2n) is 29.3. The zero-order valence-corrected chi connectivity index (χ0v) is 66.0. The number of fused-ring (bicyclic) bond motifs is 6. The first kappa shape index (κ1) is 82.3. The number of aromatic amines is 2. The standard InChI is InChI=1S/C29H32N8O5.C26H28N8O6.C25H27N9O6/c1-2-30-29(40)36-26-23-27(34-15-33-26)37(16-35-23)20-13-18(9-6-10-19-22(28(38)39)32-14-31-19)24-25(20)42-21(41-24)12-11-17-7-4-3-5-8-17;1-2-27-26(37)33-21-18-22(31-12-30-21)34(13-32-18)23-20-19(39-25(40-20)14-7-4-3-5-8-14)16(38-23)10-6-9-15-17(24(35)36)29-11-28-15;1-2-26-25(37)30-20-17-21(28-11-27-20)34(12-29-17)22-19-18(39-24(40-19)13-7-4-3-5-8-13)15(38-22)10-6-9-14-16(23(35)36)32-33-31-14/h3-5,7-8,11-12,14-16,18,20-21,24-25H,2,6,9-10,13H2,1H3,(H,31,32)(H,38,39)(H2,30,33,34,36,40);3-5,7-8,11-13,16,19-20,23,25H,2,6,9-10H2,1H3,(H,28,29)(H,35,36)(H2,27,30,31,33,37);3-5,7-8,11-12,14-15,18-19,22,24H,2,6,9-10H2,1H3,(H,35,36)(H2,26,27,28,30,37)/b12-11+;;/t18?,20?,21-,24?,25?;16?,19?,20?,23?,25-;14?,15?,18?,19?,22?,24-/m000/s1. The van der Waals surface area contributed by atoms with Crippen LogP contribution < -0.4 is 31.9 Å². The molecule has 0 bridgehead atoms. The van der Waals surface area contributed by atoms with Gasteiger partial charge in [0.15, 0.2) is 99.4 Å². The number of amides is 6. The van der Waals surface area contributed by atoms with Gasteiger partial charge in [-0.1, -0.05) is 97.1 Å². The summed E-state index contributed by atoms with van der Waals surface area (Å²) >= 11 is 0. The smallest absolute Gasteiger partial charge is 0.356 e. The molecule has 11 aromatic rings. The van der Waals surface area contributed by atoms with E-state index >= 15 is 0 Å². The molecule has 0 spiro atoms. The summed E-state index contributed by atoms with van der Waals surface area (Å²) in [6, 6.07) is 27.4. The Balaban J connectivity index is 0.000000136. The Bertz CT molecular complexity index is 5630. The molecule has 3 aromatic carbocycles. The van der Waals surface area contributed by atoms with Gasteiger partial charge in [0, 0.05) is 42.1 Å². The van der Waals surface area contributed by atoms with Gasteiger partial charge in [0.2, 0.25) is 0 Å². The summed E-state index contributed by atoms with van der Waals surface area (Å²) in [5.74, 6) is -2.20. The summed E-state index contributed by atoms with van der Waals surface area (Å²) in [6.07, 6.45) is 16.2. The maximum Gasteiger partial charge on any atom is 0.356 e. The minimum atomic E-state index is -1.12. The highest BCUT2D eigenvalue weighted by atomic mass is 16.8. The van der Waals surface area contributed by atoms with Gasteiger partial charge in [-0.05, 0) is 108 Å². The number of aliphatic carboxylic acids is 1. The molecule has 634 valence electrons. The number of aryl methyl sites for hydroxylation is 2. The van der Waals surface area contributed by atoms with Gasteiger partial charge in [-0.25, -0.2) is 83.6 Å². The highest BCUT2D eigenvalue weighted by Crippen LogP contribution is 2.50. The van der Waals surface area contributed by atoms with E-state index in [2.05, 4.69) is 112 Å². The quantitative estimate of drug-likeness (QED) is 0.0217. The third kappa shape index (κ3) is 17.9. The molecule has 6 aliphatic heterocycles. The Morgan fingerprint density at radius 3 is 1.39 bits per heavy atom. The number of rotatable bonds is 28. The van der Waals surface area contributed by atoms with Crippen molar-refractivity contribution in [2.75, 3.05) is 35.6 Å². The lowest BCUT2D eigenvalue weighted by atomic mass is 9.97. The minimum absolute atomic E-state index is 0.0225. The minimum Gasteiger partial charge on any atom is -0.477 e. The van der Waals surface area contributed by atoms with Crippen LogP contribution in [-0.2, 0) is 55.5 Å². The van der Waals surface area contributed by atoms with Gasteiger partial charge in [-0.3, -0.25) is 25.1 Å². The van der Waals surface area contributed by atoms with E-state index in [1.807, 2.05) is 128 Å². The van der Waals surface area contributed by atoms with E-state index in [1.165, 1.54) is 31.6 Å². The number of benzene rings is 3. The van der Waals surface area contributed by atoms with Crippen LogP contribution in [0.4, 0.5) is 31.8 Å². The number of hydrogen-bond acceptors (Lipinski definition) is 28. The third-order valence-electron chi connectivity index (χ3n) is 21.7. The van der Waals surface area contributed by atoms with Gasteiger partial charge in [0.05, 0.1) is 56.0 Å². The summed E-state index contributed by atoms with van der Waals surface area (Å²) in [7, 11) is 0. The molecule has 7 aliphatic rings. The number of anilines is 3. The molecule has 14 heterocycles. The number of urea groups is 3. The molecule has 11 N–H and O–H groups in total. The Hall–Kier alpha value is -13.4. The lowest BCUT2D eigenvalue weighted by Crippen LogP contribution is -2.29. The molecule has 0 radical (unpaired) electrons. The Morgan fingerprint density at radius 2 is 0.910 bits per heavy atom. The molecule has 13 unspecified atom stereocenters. The summed E-state index contributed by atoms with van der Waals surface area (Å²) in [5, 5.41) is 55.3. The Labute approximate surface area is 693 Å². The van der Waals surface area contributed by atoms with Crippen LogP contribution >= 0.6 is 0 Å². The van der Waals surface area contributed by atoms with E-state index in [1.54, 1.807) is 28.1 Å². The molecule has 18 rings (SSSR count). The van der Waals surface area contributed by atoms with Crippen LogP contribution in [0.15, 0.2) is 163 Å². The number of carbonyl (C=O) groups is 6. The fourth-order valence-corrected chi connectivity index (χ4v) is 16.2. The molecule has 42 nitrogen and oxygen atoms in total. The van der Waals surface area contributed by atoms with Crippen molar-refractivity contribution in [2.24, 2.45) is 21.4 Å². The molecule has 1 aliphatic carbocycles. The maximum atomic E-state index is 12.2. The lowest BCUT2D eigenvalue weighted by molar-refractivity contribution is -0.148. The van der Waals surface area contributed by atoms with Crippen molar-refractivity contribution in [3.05, 3.63) is 187 Å². The summed E-state index contributed by atoms with van der Waals surface area (Å²) in [5.41, 5.74) is 6.87. The van der Waals surface area contributed by atoms with Gasteiger partial charge < -0.3 is 83.7 Å². The number of nitrogens with zero attached hydrogens (tertiary/aromatic N) is 17. The number of H-pyrrole nitrogens is 2. The van der Waals surface area contributed by atoms with Gasteiger partial charge in [-0.15, -0.1) is 5.10 Å². The van der Waals surface area contributed by atoms with Crippen LogP contribution in [-0.4, -0.2) is 216 Å². The molecular formula is C80H87N25O17. The number of aromatic nitrogens is 16. The largest absolute Gasteiger partial charge is 0.477 e. The van der Waals surface area contributed by atoms with Crippen LogP contribution in [0.3, 0.4) is 0 Å². The molecule has 16 atom stereocenters.